The third kappa shape index (κ3) is 2.49. The summed E-state index contributed by atoms with van der Waals surface area (Å²) in [6, 6.07) is 19.7. The van der Waals surface area contributed by atoms with Crippen LogP contribution in [0.2, 0.25) is 0 Å². The van der Waals surface area contributed by atoms with Gasteiger partial charge < -0.3 is 10.1 Å². The molecule has 20 heavy (non-hydrogen) atoms. The van der Waals surface area contributed by atoms with E-state index in [1.807, 2.05) is 36.4 Å². The molecule has 0 radical (unpaired) electrons. The van der Waals surface area contributed by atoms with E-state index in [1.165, 1.54) is 0 Å². The van der Waals surface area contributed by atoms with Crippen LogP contribution in [0.1, 0.15) is 11.1 Å². The van der Waals surface area contributed by atoms with E-state index >= 15 is 0 Å². The molecule has 4 heteroatoms. The number of hydrogen-bond acceptors (Lipinski definition) is 3. The van der Waals surface area contributed by atoms with Gasteiger partial charge in [0.15, 0.2) is 5.60 Å². The fourth-order valence-corrected chi connectivity index (χ4v) is 2.29. The number of ether oxygens (including phenoxy) is 1. The summed E-state index contributed by atoms with van der Waals surface area (Å²) in [6.07, 6.45) is 0. The van der Waals surface area contributed by atoms with E-state index in [9.17, 15) is 0 Å². The van der Waals surface area contributed by atoms with Crippen molar-refractivity contribution in [2.75, 3.05) is 13.1 Å². The lowest BCUT2D eigenvalue weighted by atomic mass is 9.87. The lowest BCUT2D eigenvalue weighted by molar-refractivity contribution is 0.0119. The average Bonchev–Trinajstić information content (AvgIpc) is 2.44. The summed E-state index contributed by atoms with van der Waals surface area (Å²) in [5.41, 5.74) is 1.36. The predicted octanol–water partition coefficient (Wildman–Crippen LogP) is 2.86. The molecule has 1 fully saturated rings. The molecule has 1 aliphatic heterocycles. The molecule has 0 atom stereocenters. The van der Waals surface area contributed by atoms with E-state index in [-0.39, 0.29) is 18.0 Å². The quantitative estimate of drug-likeness (QED) is 0.944. The molecule has 3 nitrogen and oxygen atoms in total. The standard InChI is InChI=1S/C16H14N2O.ClH/c17-10-13-6-4-5-9-15(13)19-16(11-18-12-16)14-7-2-1-3-8-14;/h1-9,18H,11-12H2;1H. The van der Waals surface area contributed by atoms with Crippen molar-refractivity contribution >= 4 is 12.4 Å². The second-order valence-corrected chi connectivity index (χ2v) is 4.67. The molecule has 0 unspecified atom stereocenters. The summed E-state index contributed by atoms with van der Waals surface area (Å²) in [5.74, 6) is 0.648. The van der Waals surface area contributed by atoms with Gasteiger partial charge in [0.25, 0.3) is 0 Å². The molecule has 1 aliphatic rings. The maximum absolute atomic E-state index is 9.13. The van der Waals surface area contributed by atoms with Crippen LogP contribution in [0.15, 0.2) is 54.6 Å². The van der Waals surface area contributed by atoms with Crippen molar-refractivity contribution < 1.29 is 4.74 Å². The Hall–Kier alpha value is -2.02. The molecule has 2 aromatic rings. The van der Waals surface area contributed by atoms with Crippen molar-refractivity contribution in [2.45, 2.75) is 5.60 Å². The Morgan fingerprint density at radius 3 is 2.25 bits per heavy atom. The zero-order valence-electron chi connectivity index (χ0n) is 10.9. The molecule has 1 N–H and O–H groups in total. The molecule has 0 aromatic heterocycles. The van der Waals surface area contributed by atoms with Crippen molar-refractivity contribution in [3.8, 4) is 11.8 Å². The van der Waals surface area contributed by atoms with Crippen molar-refractivity contribution in [2.24, 2.45) is 0 Å². The Morgan fingerprint density at radius 1 is 1.00 bits per heavy atom. The van der Waals surface area contributed by atoms with Crippen molar-refractivity contribution in [3.05, 3.63) is 65.7 Å². The molecule has 2 aromatic carbocycles. The number of para-hydroxylation sites is 1. The Balaban J connectivity index is 0.00000147. The minimum atomic E-state index is -0.353. The average molecular weight is 287 g/mol. The van der Waals surface area contributed by atoms with Crippen molar-refractivity contribution in [3.63, 3.8) is 0 Å². The van der Waals surface area contributed by atoms with Gasteiger partial charge in [-0.15, -0.1) is 12.4 Å². The summed E-state index contributed by atoms with van der Waals surface area (Å²) in [7, 11) is 0. The van der Waals surface area contributed by atoms with Crippen molar-refractivity contribution in [1.29, 1.82) is 5.26 Å². The van der Waals surface area contributed by atoms with Gasteiger partial charge in [0, 0.05) is 13.1 Å². The van der Waals surface area contributed by atoms with Gasteiger partial charge in [-0.05, 0) is 17.7 Å². The van der Waals surface area contributed by atoms with Gasteiger partial charge in [-0.3, -0.25) is 0 Å². The Kier molecular flexibility index (Phi) is 4.29. The van der Waals surface area contributed by atoms with Gasteiger partial charge in [-0.25, -0.2) is 0 Å². The zero-order chi connectivity index (χ0) is 13.1. The van der Waals surface area contributed by atoms with Crippen LogP contribution < -0.4 is 10.1 Å². The smallest absolute Gasteiger partial charge is 0.159 e. The fourth-order valence-electron chi connectivity index (χ4n) is 2.29. The summed E-state index contributed by atoms with van der Waals surface area (Å²) < 4.78 is 6.16. The van der Waals surface area contributed by atoms with Crippen LogP contribution >= 0.6 is 12.4 Å². The SMILES string of the molecule is Cl.N#Cc1ccccc1OC1(c2ccccc2)CNC1. The highest BCUT2D eigenvalue weighted by Crippen LogP contribution is 2.33. The second kappa shape index (κ2) is 5.96. The van der Waals surface area contributed by atoms with E-state index in [0.29, 0.717) is 11.3 Å². The maximum Gasteiger partial charge on any atom is 0.159 e. The van der Waals surface area contributed by atoms with Crippen LogP contribution in [0.25, 0.3) is 0 Å². The highest BCUT2D eigenvalue weighted by molar-refractivity contribution is 5.85. The predicted molar refractivity (Wildman–Crippen MR) is 80.0 cm³/mol. The molecule has 102 valence electrons. The third-order valence-corrected chi connectivity index (χ3v) is 3.43. The van der Waals surface area contributed by atoms with Gasteiger partial charge in [0.05, 0.1) is 5.56 Å². The van der Waals surface area contributed by atoms with Gasteiger partial charge in [-0.2, -0.15) is 5.26 Å². The van der Waals surface area contributed by atoms with E-state index in [0.717, 1.165) is 18.7 Å². The van der Waals surface area contributed by atoms with Crippen LogP contribution in [0.3, 0.4) is 0 Å². The maximum atomic E-state index is 9.13. The summed E-state index contributed by atoms with van der Waals surface area (Å²) in [6.45, 7) is 1.52. The highest BCUT2D eigenvalue weighted by Gasteiger charge is 2.41. The lowest BCUT2D eigenvalue weighted by Crippen LogP contribution is -2.60. The minimum Gasteiger partial charge on any atom is -0.478 e. The number of hydrogen-bond donors (Lipinski definition) is 1. The number of nitrogens with one attached hydrogen (secondary N) is 1. The zero-order valence-corrected chi connectivity index (χ0v) is 11.7. The third-order valence-electron chi connectivity index (χ3n) is 3.43. The van der Waals surface area contributed by atoms with E-state index in [1.54, 1.807) is 6.07 Å². The van der Waals surface area contributed by atoms with E-state index < -0.39 is 0 Å². The Morgan fingerprint density at radius 2 is 1.65 bits per heavy atom. The Bertz CT molecular complexity index is 618. The van der Waals surface area contributed by atoms with Crippen LogP contribution in [-0.2, 0) is 5.60 Å². The first-order valence-electron chi connectivity index (χ1n) is 6.28. The first-order chi connectivity index (χ1) is 9.34. The minimum absolute atomic E-state index is 0. The number of benzene rings is 2. The number of nitriles is 1. The van der Waals surface area contributed by atoms with Crippen LogP contribution in [0.5, 0.6) is 5.75 Å². The van der Waals surface area contributed by atoms with Crippen molar-refractivity contribution in [1.82, 2.24) is 5.32 Å². The van der Waals surface area contributed by atoms with Gasteiger partial charge in [-0.1, -0.05) is 42.5 Å². The second-order valence-electron chi connectivity index (χ2n) is 4.67. The number of rotatable bonds is 3. The normalized spacial score (nSPS) is 15.3. The first kappa shape index (κ1) is 14.4. The molecule has 0 saturated carbocycles. The van der Waals surface area contributed by atoms with Gasteiger partial charge >= 0.3 is 0 Å². The van der Waals surface area contributed by atoms with E-state index in [4.69, 9.17) is 10.00 Å². The lowest BCUT2D eigenvalue weighted by Gasteiger charge is -2.43. The molecule has 0 amide bonds. The summed E-state index contributed by atoms with van der Waals surface area (Å²) in [4.78, 5) is 0. The van der Waals surface area contributed by atoms with Gasteiger partial charge in [0.2, 0.25) is 0 Å². The largest absolute Gasteiger partial charge is 0.478 e. The molecule has 0 bridgehead atoms. The summed E-state index contributed by atoms with van der Waals surface area (Å²) in [5, 5.41) is 12.4. The molecular weight excluding hydrogens is 272 g/mol. The molecule has 3 rings (SSSR count). The highest BCUT2D eigenvalue weighted by atomic mass is 35.5. The molecule has 1 saturated heterocycles. The molecular formula is C16H15ClN2O. The molecule has 1 heterocycles. The topological polar surface area (TPSA) is 45.0 Å². The Labute approximate surface area is 124 Å². The summed E-state index contributed by atoms with van der Waals surface area (Å²) >= 11 is 0. The first-order valence-corrected chi connectivity index (χ1v) is 6.28. The number of nitrogens with zero attached hydrogens (tertiary/aromatic N) is 1. The molecule has 0 spiro atoms. The van der Waals surface area contributed by atoms with Gasteiger partial charge in [0.1, 0.15) is 11.8 Å². The van der Waals surface area contributed by atoms with Crippen LogP contribution in [0.4, 0.5) is 0 Å². The van der Waals surface area contributed by atoms with E-state index in [2.05, 4.69) is 23.5 Å². The fraction of sp³-hybridized carbons (Fsp3) is 0.188. The molecule has 0 aliphatic carbocycles. The van der Waals surface area contributed by atoms with Crippen LogP contribution in [0, 0.1) is 11.3 Å². The monoisotopic (exact) mass is 286 g/mol. The van der Waals surface area contributed by atoms with Crippen LogP contribution in [-0.4, -0.2) is 13.1 Å². The number of halogens is 1.